The van der Waals surface area contributed by atoms with Gasteiger partial charge in [0.2, 0.25) is 11.1 Å². The quantitative estimate of drug-likeness (QED) is 0.398. The normalized spacial score (nSPS) is 23.7. The number of hydrogen-bond acceptors (Lipinski definition) is 5. The fraction of sp³-hybridized carbons (Fsp3) is 0.667. The monoisotopic (exact) mass is 284 g/mol. The standard InChI is InChI=1S/C12H17ClN4O2/c1-8-3-2-4-9(6-5-8)15-11-10(17(18)19)7-14-12(13)16-11/h7-9H,2-6H2,1H3,(H,14,15,16). The van der Waals surface area contributed by atoms with Crippen molar-refractivity contribution in [2.75, 3.05) is 5.32 Å². The van der Waals surface area contributed by atoms with Gasteiger partial charge in [-0.25, -0.2) is 4.98 Å². The van der Waals surface area contributed by atoms with Gasteiger partial charge in [0.05, 0.1) is 4.92 Å². The van der Waals surface area contributed by atoms with Crippen molar-refractivity contribution < 1.29 is 4.92 Å². The highest BCUT2D eigenvalue weighted by Crippen LogP contribution is 2.28. The second-order valence-electron chi connectivity index (χ2n) is 5.08. The topological polar surface area (TPSA) is 81.0 Å². The van der Waals surface area contributed by atoms with Crippen LogP contribution in [0.2, 0.25) is 5.28 Å². The lowest BCUT2D eigenvalue weighted by atomic mass is 10.0. The van der Waals surface area contributed by atoms with Gasteiger partial charge < -0.3 is 5.32 Å². The molecule has 1 aliphatic rings. The lowest BCUT2D eigenvalue weighted by molar-refractivity contribution is -0.384. The van der Waals surface area contributed by atoms with E-state index < -0.39 is 4.92 Å². The van der Waals surface area contributed by atoms with Crippen LogP contribution in [0.1, 0.15) is 39.0 Å². The molecule has 1 heterocycles. The van der Waals surface area contributed by atoms with Crippen LogP contribution in [0, 0.1) is 16.0 Å². The fourth-order valence-electron chi connectivity index (χ4n) is 2.42. The molecule has 7 heteroatoms. The molecule has 6 nitrogen and oxygen atoms in total. The van der Waals surface area contributed by atoms with Crippen LogP contribution in [-0.4, -0.2) is 20.9 Å². The van der Waals surface area contributed by atoms with Gasteiger partial charge in [0.1, 0.15) is 6.20 Å². The molecule has 0 saturated heterocycles. The lowest BCUT2D eigenvalue weighted by Crippen LogP contribution is -2.20. The van der Waals surface area contributed by atoms with Crippen LogP contribution in [0.3, 0.4) is 0 Å². The Morgan fingerprint density at radius 3 is 2.95 bits per heavy atom. The summed E-state index contributed by atoms with van der Waals surface area (Å²) in [5.41, 5.74) is -0.123. The van der Waals surface area contributed by atoms with Gasteiger partial charge in [-0.1, -0.05) is 19.8 Å². The largest absolute Gasteiger partial charge is 0.361 e. The van der Waals surface area contributed by atoms with Crippen LogP contribution in [0.15, 0.2) is 6.20 Å². The van der Waals surface area contributed by atoms with E-state index in [1.54, 1.807) is 0 Å². The van der Waals surface area contributed by atoms with Gasteiger partial charge >= 0.3 is 5.69 Å². The van der Waals surface area contributed by atoms with E-state index in [2.05, 4.69) is 22.2 Å². The molecule has 0 spiro atoms. The van der Waals surface area contributed by atoms with Crippen LogP contribution in [0.5, 0.6) is 0 Å². The van der Waals surface area contributed by atoms with Gasteiger partial charge in [-0.05, 0) is 36.8 Å². The number of nitrogens with zero attached hydrogens (tertiary/aromatic N) is 3. The molecular formula is C12H17ClN4O2. The summed E-state index contributed by atoms with van der Waals surface area (Å²) in [6.07, 6.45) is 6.63. The SMILES string of the molecule is CC1CCCC(Nc2nc(Cl)ncc2[N+](=O)[O-])CC1. The van der Waals surface area contributed by atoms with Gasteiger partial charge in [0.15, 0.2) is 0 Å². The summed E-state index contributed by atoms with van der Waals surface area (Å²) in [6, 6.07) is 0.217. The highest BCUT2D eigenvalue weighted by atomic mass is 35.5. The average molecular weight is 285 g/mol. The van der Waals surface area contributed by atoms with Gasteiger partial charge in [-0.3, -0.25) is 10.1 Å². The molecule has 104 valence electrons. The predicted octanol–water partition coefficient (Wildman–Crippen LogP) is 3.42. The molecule has 0 bridgehead atoms. The number of aromatic nitrogens is 2. The molecule has 1 aromatic heterocycles. The lowest BCUT2D eigenvalue weighted by Gasteiger charge is -2.16. The van der Waals surface area contributed by atoms with Gasteiger partial charge in [-0.2, -0.15) is 4.98 Å². The second-order valence-corrected chi connectivity index (χ2v) is 5.42. The highest BCUT2D eigenvalue weighted by Gasteiger charge is 2.22. The van der Waals surface area contributed by atoms with E-state index in [0.29, 0.717) is 0 Å². The van der Waals surface area contributed by atoms with E-state index in [9.17, 15) is 10.1 Å². The van der Waals surface area contributed by atoms with E-state index in [1.807, 2.05) is 0 Å². The molecule has 1 aromatic rings. The summed E-state index contributed by atoms with van der Waals surface area (Å²) in [5, 5.41) is 14.1. The predicted molar refractivity (Wildman–Crippen MR) is 73.4 cm³/mol. The molecular weight excluding hydrogens is 268 g/mol. The minimum absolute atomic E-state index is 0.0232. The molecule has 0 aromatic carbocycles. The summed E-state index contributed by atoms with van der Waals surface area (Å²) in [4.78, 5) is 18.0. The molecule has 2 atom stereocenters. The van der Waals surface area contributed by atoms with Crippen LogP contribution in [0.4, 0.5) is 11.5 Å². The van der Waals surface area contributed by atoms with Crippen LogP contribution in [-0.2, 0) is 0 Å². The third kappa shape index (κ3) is 3.76. The Kier molecular flexibility index (Phi) is 4.52. The number of nitro groups is 1. The van der Waals surface area contributed by atoms with E-state index >= 15 is 0 Å². The number of halogens is 1. The summed E-state index contributed by atoms with van der Waals surface area (Å²) in [6.45, 7) is 2.24. The summed E-state index contributed by atoms with van der Waals surface area (Å²) in [5.74, 6) is 0.945. The maximum atomic E-state index is 10.9. The maximum absolute atomic E-state index is 10.9. The van der Waals surface area contributed by atoms with E-state index in [-0.39, 0.29) is 22.8 Å². The molecule has 2 rings (SSSR count). The Hall–Kier alpha value is -1.43. The summed E-state index contributed by atoms with van der Waals surface area (Å²) < 4.78 is 0. The molecule has 1 saturated carbocycles. The average Bonchev–Trinajstić information content (AvgIpc) is 2.54. The molecule has 0 aliphatic heterocycles. The first kappa shape index (κ1) is 14.0. The Balaban J connectivity index is 2.13. The van der Waals surface area contributed by atoms with Crippen LogP contribution < -0.4 is 5.32 Å². The van der Waals surface area contributed by atoms with Crippen molar-refractivity contribution >= 4 is 23.1 Å². The summed E-state index contributed by atoms with van der Waals surface area (Å²) in [7, 11) is 0. The zero-order chi connectivity index (χ0) is 13.8. The van der Waals surface area contributed by atoms with E-state index in [0.717, 1.165) is 37.8 Å². The number of rotatable bonds is 3. The number of anilines is 1. The molecule has 2 unspecified atom stereocenters. The molecule has 0 amide bonds. The Morgan fingerprint density at radius 1 is 1.42 bits per heavy atom. The van der Waals surface area contributed by atoms with Crippen molar-refractivity contribution in [1.82, 2.24) is 9.97 Å². The molecule has 1 aliphatic carbocycles. The first-order valence-corrected chi connectivity index (χ1v) is 6.87. The molecule has 19 heavy (non-hydrogen) atoms. The Bertz CT molecular complexity index is 469. The highest BCUT2D eigenvalue weighted by molar-refractivity contribution is 6.28. The fourth-order valence-corrected chi connectivity index (χ4v) is 2.55. The Morgan fingerprint density at radius 2 is 2.21 bits per heavy atom. The zero-order valence-corrected chi connectivity index (χ0v) is 11.6. The summed E-state index contributed by atoms with van der Waals surface area (Å²) >= 11 is 5.71. The van der Waals surface area contributed by atoms with Gasteiger partial charge in [-0.15, -0.1) is 0 Å². The number of hydrogen-bond donors (Lipinski definition) is 1. The molecule has 1 fully saturated rings. The minimum atomic E-state index is -0.488. The molecule has 1 N–H and O–H groups in total. The van der Waals surface area contributed by atoms with Crippen molar-refractivity contribution in [3.05, 3.63) is 21.6 Å². The number of nitrogens with one attached hydrogen (secondary N) is 1. The van der Waals surface area contributed by atoms with Crippen molar-refractivity contribution in [2.24, 2.45) is 5.92 Å². The van der Waals surface area contributed by atoms with Crippen LogP contribution >= 0.6 is 11.6 Å². The van der Waals surface area contributed by atoms with Crippen molar-refractivity contribution in [3.63, 3.8) is 0 Å². The van der Waals surface area contributed by atoms with E-state index in [1.165, 1.54) is 6.42 Å². The first-order chi connectivity index (χ1) is 9.06. The smallest absolute Gasteiger partial charge is 0.329 e. The minimum Gasteiger partial charge on any atom is -0.361 e. The third-order valence-electron chi connectivity index (χ3n) is 3.54. The maximum Gasteiger partial charge on any atom is 0.329 e. The third-order valence-corrected chi connectivity index (χ3v) is 3.72. The second kappa shape index (κ2) is 6.14. The van der Waals surface area contributed by atoms with Crippen molar-refractivity contribution in [2.45, 2.75) is 45.1 Å². The van der Waals surface area contributed by atoms with Gasteiger partial charge in [0.25, 0.3) is 0 Å². The van der Waals surface area contributed by atoms with Crippen LogP contribution in [0.25, 0.3) is 0 Å². The Labute approximate surface area is 116 Å². The van der Waals surface area contributed by atoms with E-state index in [4.69, 9.17) is 11.6 Å². The first-order valence-electron chi connectivity index (χ1n) is 6.49. The van der Waals surface area contributed by atoms with Crippen molar-refractivity contribution in [1.29, 1.82) is 0 Å². The van der Waals surface area contributed by atoms with Crippen molar-refractivity contribution in [3.8, 4) is 0 Å². The molecule has 0 radical (unpaired) electrons. The van der Waals surface area contributed by atoms with Gasteiger partial charge in [0, 0.05) is 6.04 Å². The zero-order valence-electron chi connectivity index (χ0n) is 10.8.